The van der Waals surface area contributed by atoms with E-state index in [1.165, 1.54) is 13.0 Å². The number of hydrogen-bond acceptors (Lipinski definition) is 5. The minimum atomic E-state index is -1.46. The summed E-state index contributed by atoms with van der Waals surface area (Å²) >= 11 is 0. The molecule has 0 aromatic heterocycles. The van der Waals surface area contributed by atoms with Crippen molar-refractivity contribution in [1.82, 2.24) is 5.32 Å². The predicted molar refractivity (Wildman–Crippen MR) is 67.9 cm³/mol. The van der Waals surface area contributed by atoms with Gasteiger partial charge in [-0.3, -0.25) is 14.9 Å². The minimum absolute atomic E-state index is 0.0706. The van der Waals surface area contributed by atoms with Gasteiger partial charge in [-0.15, -0.1) is 0 Å². The summed E-state index contributed by atoms with van der Waals surface area (Å²) in [4.78, 5) is 22.2. The van der Waals surface area contributed by atoms with Gasteiger partial charge in [0.1, 0.15) is 11.2 Å². The van der Waals surface area contributed by atoms with E-state index in [0.29, 0.717) is 5.56 Å². The summed E-state index contributed by atoms with van der Waals surface area (Å²) < 4.78 is 0. The van der Waals surface area contributed by atoms with Gasteiger partial charge in [0, 0.05) is 12.1 Å². The Morgan fingerprint density at radius 3 is 2.68 bits per heavy atom. The molecule has 0 fully saturated rings. The van der Waals surface area contributed by atoms with Crippen molar-refractivity contribution >= 4 is 11.6 Å². The number of para-hydroxylation sites is 1. The molecule has 7 nitrogen and oxygen atoms in total. The second-order valence-electron chi connectivity index (χ2n) is 4.57. The molecule has 104 valence electrons. The third-order valence-electron chi connectivity index (χ3n) is 2.64. The monoisotopic (exact) mass is 268 g/mol. The first-order valence-electron chi connectivity index (χ1n) is 5.64. The minimum Gasteiger partial charge on any atom is -0.393 e. The number of aliphatic hydroxyl groups excluding tert-OH is 1. The van der Waals surface area contributed by atoms with E-state index in [2.05, 4.69) is 5.32 Å². The number of carbonyl (C=O) groups is 1. The van der Waals surface area contributed by atoms with E-state index in [1.54, 1.807) is 19.1 Å². The Morgan fingerprint density at radius 1 is 1.53 bits per heavy atom. The number of amides is 1. The highest BCUT2D eigenvalue weighted by Crippen LogP contribution is 2.22. The number of hydrogen-bond donors (Lipinski definition) is 3. The lowest BCUT2D eigenvalue weighted by atomic mass is 10.1. The Kier molecular flexibility index (Phi) is 4.57. The molecule has 1 aromatic rings. The van der Waals surface area contributed by atoms with Crippen molar-refractivity contribution in [3.8, 4) is 0 Å². The molecule has 0 radical (unpaired) electrons. The van der Waals surface area contributed by atoms with Gasteiger partial charge in [-0.25, -0.2) is 0 Å². The molecular weight excluding hydrogens is 252 g/mol. The summed E-state index contributed by atoms with van der Waals surface area (Å²) in [6.07, 6.45) is 0. The number of nitrogens with one attached hydrogen (secondary N) is 1. The van der Waals surface area contributed by atoms with Crippen LogP contribution in [0.1, 0.15) is 22.8 Å². The fraction of sp³-hybridized carbons (Fsp3) is 0.417. The molecule has 1 amide bonds. The van der Waals surface area contributed by atoms with Crippen molar-refractivity contribution in [3.05, 3.63) is 39.4 Å². The third-order valence-corrected chi connectivity index (χ3v) is 2.64. The predicted octanol–water partition coefficient (Wildman–Crippen LogP) is 0.376. The number of rotatable bonds is 5. The molecular formula is C12H16N2O5. The van der Waals surface area contributed by atoms with Gasteiger partial charge in [0.2, 0.25) is 0 Å². The average Bonchev–Trinajstić information content (AvgIpc) is 2.35. The lowest BCUT2D eigenvalue weighted by Crippen LogP contribution is -2.43. The van der Waals surface area contributed by atoms with Gasteiger partial charge in [0.25, 0.3) is 11.6 Å². The molecule has 7 heteroatoms. The van der Waals surface area contributed by atoms with E-state index in [4.69, 9.17) is 5.11 Å². The Balaban J connectivity index is 2.95. The van der Waals surface area contributed by atoms with Gasteiger partial charge in [-0.2, -0.15) is 0 Å². The zero-order chi connectivity index (χ0) is 14.6. The first-order chi connectivity index (χ1) is 8.78. The SMILES string of the molecule is Cc1cccc(C(=O)NCC(C)(O)CO)c1[N+](=O)[O-]. The first-order valence-corrected chi connectivity index (χ1v) is 5.64. The van der Waals surface area contributed by atoms with E-state index in [9.17, 15) is 20.0 Å². The topological polar surface area (TPSA) is 113 Å². The molecule has 0 aliphatic carbocycles. The molecule has 0 bridgehead atoms. The van der Waals surface area contributed by atoms with Crippen molar-refractivity contribution in [2.24, 2.45) is 0 Å². The van der Waals surface area contributed by atoms with Gasteiger partial charge >= 0.3 is 0 Å². The van der Waals surface area contributed by atoms with Crippen LogP contribution in [-0.4, -0.2) is 39.8 Å². The maximum Gasteiger partial charge on any atom is 0.285 e. The fourth-order valence-corrected chi connectivity index (χ4v) is 1.51. The summed E-state index contributed by atoms with van der Waals surface area (Å²) in [5, 5.41) is 31.7. The normalized spacial score (nSPS) is 13.7. The van der Waals surface area contributed by atoms with Crippen LogP contribution in [0.3, 0.4) is 0 Å². The fourth-order valence-electron chi connectivity index (χ4n) is 1.51. The maximum atomic E-state index is 11.9. The smallest absolute Gasteiger partial charge is 0.285 e. The van der Waals surface area contributed by atoms with E-state index in [1.807, 2.05) is 0 Å². The van der Waals surface area contributed by atoms with Crippen molar-refractivity contribution in [2.75, 3.05) is 13.2 Å². The van der Waals surface area contributed by atoms with Crippen molar-refractivity contribution in [3.63, 3.8) is 0 Å². The lowest BCUT2D eigenvalue weighted by molar-refractivity contribution is -0.385. The van der Waals surface area contributed by atoms with Crippen molar-refractivity contribution < 1.29 is 19.9 Å². The zero-order valence-corrected chi connectivity index (χ0v) is 10.7. The van der Waals surface area contributed by atoms with Crippen LogP contribution in [0.2, 0.25) is 0 Å². The van der Waals surface area contributed by atoms with Crippen molar-refractivity contribution in [1.29, 1.82) is 0 Å². The molecule has 3 N–H and O–H groups in total. The second kappa shape index (κ2) is 5.77. The Hall–Kier alpha value is -1.99. The van der Waals surface area contributed by atoms with Crippen LogP contribution >= 0.6 is 0 Å². The van der Waals surface area contributed by atoms with E-state index >= 15 is 0 Å². The largest absolute Gasteiger partial charge is 0.393 e. The Morgan fingerprint density at radius 2 is 2.16 bits per heavy atom. The van der Waals surface area contributed by atoms with Gasteiger partial charge in [0.15, 0.2) is 0 Å². The molecule has 0 aliphatic rings. The average molecular weight is 268 g/mol. The molecule has 0 saturated heterocycles. The highest BCUT2D eigenvalue weighted by atomic mass is 16.6. The van der Waals surface area contributed by atoms with Crippen LogP contribution in [0.5, 0.6) is 0 Å². The number of aliphatic hydroxyl groups is 2. The maximum absolute atomic E-state index is 11.9. The first kappa shape index (κ1) is 15.1. The summed E-state index contributed by atoms with van der Waals surface area (Å²) in [5.41, 5.74) is -1.41. The second-order valence-corrected chi connectivity index (χ2v) is 4.57. The summed E-state index contributed by atoms with van der Waals surface area (Å²) in [6, 6.07) is 4.42. The highest BCUT2D eigenvalue weighted by Gasteiger charge is 2.25. The number of nitro groups is 1. The van der Waals surface area contributed by atoms with Crippen LogP contribution in [0.25, 0.3) is 0 Å². The third kappa shape index (κ3) is 3.73. The van der Waals surface area contributed by atoms with Crippen LogP contribution in [0.4, 0.5) is 5.69 Å². The van der Waals surface area contributed by atoms with E-state index in [-0.39, 0.29) is 17.8 Å². The molecule has 0 aliphatic heterocycles. The summed E-state index contributed by atoms with van der Waals surface area (Å²) in [6.45, 7) is 2.16. The van der Waals surface area contributed by atoms with Crippen LogP contribution in [0, 0.1) is 17.0 Å². The molecule has 0 spiro atoms. The molecule has 1 aromatic carbocycles. The quantitative estimate of drug-likeness (QED) is 0.527. The van der Waals surface area contributed by atoms with Crippen LogP contribution in [0.15, 0.2) is 18.2 Å². The van der Waals surface area contributed by atoms with Gasteiger partial charge in [-0.1, -0.05) is 12.1 Å². The Labute approximate surface area is 110 Å². The lowest BCUT2D eigenvalue weighted by Gasteiger charge is -2.20. The summed E-state index contributed by atoms with van der Waals surface area (Å²) in [5.74, 6) is -0.663. The van der Waals surface area contributed by atoms with E-state index < -0.39 is 23.0 Å². The van der Waals surface area contributed by atoms with Gasteiger partial charge in [-0.05, 0) is 19.9 Å². The Bertz CT molecular complexity index is 499. The standard InChI is InChI=1S/C12H16N2O5/c1-8-4-3-5-9(10(8)14(18)19)11(16)13-6-12(2,17)7-15/h3-5,15,17H,6-7H2,1-2H3,(H,13,16). The van der Waals surface area contributed by atoms with Crippen molar-refractivity contribution in [2.45, 2.75) is 19.4 Å². The van der Waals surface area contributed by atoms with Crippen LogP contribution < -0.4 is 5.32 Å². The molecule has 1 unspecified atom stereocenters. The molecule has 1 rings (SSSR count). The highest BCUT2D eigenvalue weighted by molar-refractivity contribution is 5.98. The molecule has 0 heterocycles. The summed E-state index contributed by atoms with van der Waals surface area (Å²) in [7, 11) is 0. The molecule has 19 heavy (non-hydrogen) atoms. The number of nitro benzene ring substituents is 1. The zero-order valence-electron chi connectivity index (χ0n) is 10.7. The van der Waals surface area contributed by atoms with Gasteiger partial charge in [0.05, 0.1) is 11.5 Å². The number of aryl methyl sites for hydroxylation is 1. The molecule has 1 atom stereocenters. The van der Waals surface area contributed by atoms with Gasteiger partial charge < -0.3 is 15.5 Å². The van der Waals surface area contributed by atoms with E-state index in [0.717, 1.165) is 0 Å². The number of nitrogens with zero attached hydrogens (tertiary/aromatic N) is 1. The van der Waals surface area contributed by atoms with Crippen LogP contribution in [-0.2, 0) is 0 Å². The number of benzene rings is 1. The number of carbonyl (C=O) groups excluding carboxylic acids is 1. The molecule has 0 saturated carbocycles.